The summed E-state index contributed by atoms with van der Waals surface area (Å²) in [4.78, 5) is 15.3. The van der Waals surface area contributed by atoms with Gasteiger partial charge in [0, 0.05) is 18.7 Å². The van der Waals surface area contributed by atoms with Crippen molar-refractivity contribution in [2.75, 3.05) is 13.2 Å². The normalized spacial score (nSPS) is 10.7. The highest BCUT2D eigenvalue weighted by Gasteiger charge is 2.03. The first-order chi connectivity index (χ1) is 12.6. The van der Waals surface area contributed by atoms with Crippen LogP contribution in [0.15, 0.2) is 53.5 Å². The number of halogens is 2. The lowest BCUT2D eigenvalue weighted by molar-refractivity contribution is -0.119. The number of amides is 1. The minimum Gasteiger partial charge on any atom is -0.484 e. The summed E-state index contributed by atoms with van der Waals surface area (Å²) in [5.41, 5.74) is 6.55. The minimum atomic E-state index is -0.528. The number of aliphatic imine (C=N–C) groups is 1. The van der Waals surface area contributed by atoms with Crippen LogP contribution < -0.4 is 21.1 Å². The van der Waals surface area contributed by atoms with E-state index in [-0.39, 0.29) is 36.4 Å². The molecule has 146 valence electrons. The Balaban J connectivity index is 0.00000364. The molecule has 0 spiro atoms. The van der Waals surface area contributed by atoms with Crippen LogP contribution in [0.4, 0.5) is 4.39 Å². The van der Waals surface area contributed by atoms with Crippen molar-refractivity contribution < 1.29 is 13.9 Å². The molecule has 2 rings (SSSR count). The van der Waals surface area contributed by atoms with E-state index in [1.165, 1.54) is 6.07 Å². The Kier molecular flexibility index (Phi) is 10.2. The molecule has 0 unspecified atom stereocenters. The number of guanidine groups is 1. The number of hydrogen-bond acceptors (Lipinski definition) is 3. The number of carbonyl (C=O) groups is 1. The molecule has 4 N–H and O–H groups in total. The number of rotatable bonds is 8. The maximum atomic E-state index is 13.7. The molecule has 27 heavy (non-hydrogen) atoms. The van der Waals surface area contributed by atoms with Gasteiger partial charge in [-0.15, -0.1) is 24.0 Å². The molecule has 0 saturated carbocycles. The van der Waals surface area contributed by atoms with E-state index >= 15 is 0 Å². The van der Waals surface area contributed by atoms with E-state index in [9.17, 15) is 9.18 Å². The molecule has 0 aliphatic rings. The molecule has 0 bridgehead atoms. The molecule has 2 aromatic rings. The first kappa shape index (κ1) is 22.7. The van der Waals surface area contributed by atoms with Crippen LogP contribution in [0.5, 0.6) is 5.75 Å². The zero-order valence-corrected chi connectivity index (χ0v) is 17.4. The van der Waals surface area contributed by atoms with Gasteiger partial charge in [-0.2, -0.15) is 0 Å². The summed E-state index contributed by atoms with van der Waals surface area (Å²) in [6.45, 7) is 3.21. The number of nitrogens with zero attached hydrogens (tertiary/aromatic N) is 1. The summed E-state index contributed by atoms with van der Waals surface area (Å²) in [6, 6.07) is 13.9. The van der Waals surface area contributed by atoms with E-state index in [2.05, 4.69) is 15.6 Å². The Labute approximate surface area is 175 Å². The van der Waals surface area contributed by atoms with Gasteiger partial charge in [0.1, 0.15) is 11.6 Å². The van der Waals surface area contributed by atoms with Gasteiger partial charge >= 0.3 is 0 Å². The fourth-order valence-electron chi connectivity index (χ4n) is 2.22. The molecule has 0 saturated heterocycles. The number of ether oxygens (including phenoxy) is 1. The van der Waals surface area contributed by atoms with Crippen molar-refractivity contribution >= 4 is 35.8 Å². The summed E-state index contributed by atoms with van der Waals surface area (Å²) in [7, 11) is 0. The molecule has 8 heteroatoms. The van der Waals surface area contributed by atoms with Crippen molar-refractivity contribution in [1.82, 2.24) is 10.6 Å². The summed E-state index contributed by atoms with van der Waals surface area (Å²) < 4.78 is 19.0. The summed E-state index contributed by atoms with van der Waals surface area (Å²) >= 11 is 0. The fourth-order valence-corrected chi connectivity index (χ4v) is 2.22. The van der Waals surface area contributed by atoms with Gasteiger partial charge in [0.15, 0.2) is 12.6 Å². The highest BCUT2D eigenvalue weighted by atomic mass is 127. The van der Waals surface area contributed by atoms with Gasteiger partial charge < -0.3 is 21.1 Å². The smallest absolute Gasteiger partial charge is 0.255 e. The Hall–Kier alpha value is -2.36. The van der Waals surface area contributed by atoms with E-state index < -0.39 is 5.91 Å². The molecule has 0 aromatic heterocycles. The van der Waals surface area contributed by atoms with Gasteiger partial charge in [-0.25, -0.2) is 9.38 Å². The molecule has 6 nitrogen and oxygen atoms in total. The first-order valence-electron chi connectivity index (χ1n) is 8.34. The SMILES string of the molecule is CCNC(=NCc1cccc(OCC(N)=O)c1)NCc1ccccc1F.I. The number of carbonyl (C=O) groups excluding carboxylic acids is 1. The average molecular weight is 486 g/mol. The van der Waals surface area contributed by atoms with E-state index in [4.69, 9.17) is 10.5 Å². The van der Waals surface area contributed by atoms with Crippen LogP contribution in [0.2, 0.25) is 0 Å². The number of primary amides is 1. The maximum absolute atomic E-state index is 13.7. The van der Waals surface area contributed by atoms with Crippen LogP contribution >= 0.6 is 24.0 Å². The van der Waals surface area contributed by atoms with E-state index in [1.807, 2.05) is 19.1 Å². The summed E-state index contributed by atoms with van der Waals surface area (Å²) in [6.07, 6.45) is 0. The molecule has 0 aliphatic heterocycles. The van der Waals surface area contributed by atoms with Crippen molar-refractivity contribution in [1.29, 1.82) is 0 Å². The van der Waals surface area contributed by atoms with E-state index in [1.54, 1.807) is 30.3 Å². The van der Waals surface area contributed by atoms with Crippen LogP contribution in [0.1, 0.15) is 18.1 Å². The van der Waals surface area contributed by atoms with Gasteiger partial charge in [0.2, 0.25) is 0 Å². The highest BCUT2D eigenvalue weighted by molar-refractivity contribution is 14.0. The van der Waals surface area contributed by atoms with Crippen molar-refractivity contribution in [2.24, 2.45) is 10.7 Å². The predicted molar refractivity (Wildman–Crippen MR) is 115 cm³/mol. The molecule has 0 atom stereocenters. The molecule has 0 fully saturated rings. The number of hydrogen-bond donors (Lipinski definition) is 3. The third-order valence-electron chi connectivity index (χ3n) is 3.45. The molecule has 1 amide bonds. The maximum Gasteiger partial charge on any atom is 0.255 e. The fraction of sp³-hybridized carbons (Fsp3) is 0.263. The van der Waals surface area contributed by atoms with Crippen molar-refractivity contribution in [3.05, 3.63) is 65.5 Å². The van der Waals surface area contributed by atoms with Crippen LogP contribution in [0, 0.1) is 5.82 Å². The summed E-state index contributed by atoms with van der Waals surface area (Å²) in [5, 5.41) is 6.23. The van der Waals surface area contributed by atoms with Gasteiger partial charge in [-0.3, -0.25) is 4.79 Å². The van der Waals surface area contributed by atoms with Crippen LogP contribution in [-0.2, 0) is 17.9 Å². The minimum absolute atomic E-state index is 0. The highest BCUT2D eigenvalue weighted by Crippen LogP contribution is 2.14. The quantitative estimate of drug-likeness (QED) is 0.304. The number of nitrogens with two attached hydrogens (primary N) is 1. The second-order valence-corrected chi connectivity index (χ2v) is 5.54. The van der Waals surface area contributed by atoms with Gasteiger partial charge in [0.25, 0.3) is 5.91 Å². The molecule has 2 aromatic carbocycles. The zero-order chi connectivity index (χ0) is 18.8. The summed E-state index contributed by atoms with van der Waals surface area (Å²) in [5.74, 6) is 0.357. The predicted octanol–water partition coefficient (Wildman–Crippen LogP) is 2.56. The van der Waals surface area contributed by atoms with E-state index in [0.717, 1.165) is 5.56 Å². The largest absolute Gasteiger partial charge is 0.484 e. The van der Waals surface area contributed by atoms with Crippen LogP contribution in [0.25, 0.3) is 0 Å². The van der Waals surface area contributed by atoms with Crippen molar-refractivity contribution in [2.45, 2.75) is 20.0 Å². The molecule has 0 heterocycles. The third-order valence-corrected chi connectivity index (χ3v) is 3.45. The lowest BCUT2D eigenvalue weighted by Crippen LogP contribution is -2.37. The topological polar surface area (TPSA) is 88.7 Å². The van der Waals surface area contributed by atoms with Crippen molar-refractivity contribution in [3.63, 3.8) is 0 Å². The van der Waals surface area contributed by atoms with Crippen molar-refractivity contribution in [3.8, 4) is 5.75 Å². The third kappa shape index (κ3) is 8.25. The lowest BCUT2D eigenvalue weighted by atomic mass is 10.2. The second kappa shape index (κ2) is 12.1. The Bertz CT molecular complexity index is 771. The monoisotopic (exact) mass is 486 g/mol. The standard InChI is InChI=1S/C19H23FN4O2.HI/c1-2-22-19(24-12-15-7-3-4-9-17(15)20)23-11-14-6-5-8-16(10-14)26-13-18(21)25;/h3-10H,2,11-13H2,1H3,(H2,21,25)(H2,22,23,24);1H. The van der Waals surface area contributed by atoms with E-state index in [0.29, 0.717) is 36.9 Å². The Morgan fingerprint density at radius 1 is 1.19 bits per heavy atom. The Morgan fingerprint density at radius 3 is 2.67 bits per heavy atom. The van der Waals surface area contributed by atoms with Crippen LogP contribution in [-0.4, -0.2) is 25.0 Å². The lowest BCUT2D eigenvalue weighted by Gasteiger charge is -2.12. The molecule has 0 aliphatic carbocycles. The van der Waals surface area contributed by atoms with Gasteiger partial charge in [0.05, 0.1) is 6.54 Å². The number of benzene rings is 2. The first-order valence-corrected chi connectivity index (χ1v) is 8.34. The van der Waals surface area contributed by atoms with Gasteiger partial charge in [-0.1, -0.05) is 30.3 Å². The molecular weight excluding hydrogens is 462 g/mol. The zero-order valence-electron chi connectivity index (χ0n) is 15.1. The number of nitrogens with one attached hydrogen (secondary N) is 2. The molecular formula is C19H24FIN4O2. The average Bonchev–Trinajstić information content (AvgIpc) is 2.64. The second-order valence-electron chi connectivity index (χ2n) is 5.54. The Morgan fingerprint density at radius 2 is 1.96 bits per heavy atom. The van der Waals surface area contributed by atoms with Crippen LogP contribution in [0.3, 0.4) is 0 Å². The molecule has 0 radical (unpaired) electrons. The van der Waals surface area contributed by atoms with Gasteiger partial charge in [-0.05, 0) is 30.7 Å².